The molecule has 0 aliphatic heterocycles. The van der Waals surface area contributed by atoms with Gasteiger partial charge in [0.05, 0.1) is 6.04 Å². The minimum Gasteiger partial charge on any atom is -0.350 e. The molecule has 2 atom stereocenters. The maximum absolute atomic E-state index is 11.8. The average molecular weight is 277 g/mol. The van der Waals surface area contributed by atoms with E-state index in [2.05, 4.69) is 5.32 Å². The average Bonchev–Trinajstić information content (AvgIpc) is 2.40. The molecule has 20 heavy (non-hydrogen) atoms. The zero-order chi connectivity index (χ0) is 15.5. The molecule has 1 aromatic carbocycles. The lowest BCUT2D eigenvalue weighted by Gasteiger charge is -2.16. The Kier molecular flexibility index (Phi) is 9.35. The van der Waals surface area contributed by atoms with Crippen LogP contribution in [0.4, 0.5) is 0 Å². The third-order valence-electron chi connectivity index (χ3n) is 2.85. The molecule has 0 fully saturated rings. The Morgan fingerprint density at radius 3 is 2.10 bits per heavy atom. The number of hydrogen-bond donors (Lipinski definition) is 1. The van der Waals surface area contributed by atoms with Crippen LogP contribution in [0.3, 0.4) is 0 Å². The van der Waals surface area contributed by atoms with Crippen LogP contribution >= 0.6 is 0 Å². The van der Waals surface area contributed by atoms with E-state index in [0.29, 0.717) is 12.8 Å². The molecule has 0 saturated heterocycles. The lowest BCUT2D eigenvalue weighted by Crippen LogP contribution is -2.28. The van der Waals surface area contributed by atoms with Gasteiger partial charge in [-0.15, -0.1) is 0 Å². The molecular formula is C17H27NO2. The van der Waals surface area contributed by atoms with Crippen LogP contribution in [0.5, 0.6) is 0 Å². The summed E-state index contributed by atoms with van der Waals surface area (Å²) in [7, 11) is 0. The van der Waals surface area contributed by atoms with E-state index >= 15 is 0 Å². The van der Waals surface area contributed by atoms with Crippen molar-refractivity contribution >= 4 is 11.7 Å². The summed E-state index contributed by atoms with van der Waals surface area (Å²) < 4.78 is 0. The smallest absolute Gasteiger partial charge is 0.220 e. The molecule has 0 aliphatic rings. The van der Waals surface area contributed by atoms with Crippen molar-refractivity contribution in [3.05, 3.63) is 35.9 Å². The molecule has 3 heteroatoms. The first-order valence-corrected chi connectivity index (χ1v) is 7.32. The molecule has 3 nitrogen and oxygen atoms in total. The number of ketones is 1. The minimum atomic E-state index is 0.0000954. The van der Waals surface area contributed by atoms with Gasteiger partial charge in [0.1, 0.15) is 5.78 Å². The summed E-state index contributed by atoms with van der Waals surface area (Å²) in [5.74, 6) is 0.233. The van der Waals surface area contributed by atoms with Crippen LogP contribution in [0.2, 0.25) is 0 Å². The lowest BCUT2D eigenvalue weighted by molar-refractivity contribution is -0.123. The Morgan fingerprint density at radius 2 is 1.60 bits per heavy atom. The Balaban J connectivity index is 0.00000172. The summed E-state index contributed by atoms with van der Waals surface area (Å²) in [6, 6.07) is 9.84. The van der Waals surface area contributed by atoms with Crippen molar-refractivity contribution in [3.8, 4) is 0 Å². The van der Waals surface area contributed by atoms with Crippen LogP contribution < -0.4 is 5.32 Å². The fourth-order valence-corrected chi connectivity index (χ4v) is 2.00. The standard InChI is InChI=1S/C15H21NO2.C2H6/c1-11(9-12(2)17)10-15(18)16-13(3)14-7-5-4-6-8-14;1-2/h4-8,11,13H,9-10H2,1-3H3,(H,16,18);1-2H3/t11-,13-;/m0./s1. The van der Waals surface area contributed by atoms with Gasteiger partial charge in [-0.1, -0.05) is 51.1 Å². The molecule has 0 aliphatic carbocycles. The molecule has 1 rings (SSSR count). The second-order valence-electron chi connectivity index (χ2n) is 4.92. The Bertz CT molecular complexity index is 401. The maximum Gasteiger partial charge on any atom is 0.220 e. The van der Waals surface area contributed by atoms with Crippen molar-refractivity contribution in [2.24, 2.45) is 5.92 Å². The normalized spacial score (nSPS) is 12.7. The van der Waals surface area contributed by atoms with E-state index in [0.717, 1.165) is 5.56 Å². The molecule has 0 unspecified atom stereocenters. The maximum atomic E-state index is 11.8. The molecule has 0 saturated carbocycles. The topological polar surface area (TPSA) is 46.2 Å². The SMILES string of the molecule is CC.CC(=O)C[C@H](C)CC(=O)N[C@@H](C)c1ccccc1. The molecule has 1 amide bonds. The number of hydrogen-bond acceptors (Lipinski definition) is 2. The van der Waals surface area contributed by atoms with Gasteiger partial charge in [-0.3, -0.25) is 4.79 Å². The van der Waals surface area contributed by atoms with E-state index in [1.807, 2.05) is 58.0 Å². The second-order valence-corrected chi connectivity index (χ2v) is 4.92. The number of nitrogens with one attached hydrogen (secondary N) is 1. The molecule has 112 valence electrons. The number of amides is 1. The van der Waals surface area contributed by atoms with Gasteiger partial charge in [0.15, 0.2) is 0 Å². The van der Waals surface area contributed by atoms with Crippen molar-refractivity contribution in [3.63, 3.8) is 0 Å². The van der Waals surface area contributed by atoms with E-state index in [-0.39, 0.29) is 23.7 Å². The van der Waals surface area contributed by atoms with Gasteiger partial charge >= 0.3 is 0 Å². The van der Waals surface area contributed by atoms with Gasteiger partial charge in [0.25, 0.3) is 0 Å². The highest BCUT2D eigenvalue weighted by Crippen LogP contribution is 2.13. The van der Waals surface area contributed by atoms with E-state index in [9.17, 15) is 9.59 Å². The molecule has 0 spiro atoms. The van der Waals surface area contributed by atoms with Gasteiger partial charge in [0, 0.05) is 12.8 Å². The Labute approximate surface area is 122 Å². The minimum absolute atomic E-state index is 0.0000954. The van der Waals surface area contributed by atoms with E-state index in [1.165, 1.54) is 0 Å². The van der Waals surface area contributed by atoms with Gasteiger partial charge in [-0.25, -0.2) is 0 Å². The zero-order valence-corrected chi connectivity index (χ0v) is 13.3. The summed E-state index contributed by atoms with van der Waals surface area (Å²) in [5.41, 5.74) is 1.09. The molecule has 0 aromatic heterocycles. The fraction of sp³-hybridized carbons (Fsp3) is 0.529. The monoisotopic (exact) mass is 277 g/mol. The number of carbonyl (C=O) groups excluding carboxylic acids is 2. The molecule has 1 N–H and O–H groups in total. The van der Waals surface area contributed by atoms with Crippen molar-refractivity contribution in [1.82, 2.24) is 5.32 Å². The lowest BCUT2D eigenvalue weighted by atomic mass is 10.0. The summed E-state index contributed by atoms with van der Waals surface area (Å²) in [5, 5.41) is 2.95. The zero-order valence-electron chi connectivity index (χ0n) is 13.3. The number of carbonyl (C=O) groups is 2. The number of benzene rings is 1. The second kappa shape index (κ2) is 10.2. The number of rotatable bonds is 6. The number of Topliss-reactive ketones (excluding diaryl/α,β-unsaturated/α-hetero) is 1. The molecule has 0 bridgehead atoms. The fourth-order valence-electron chi connectivity index (χ4n) is 2.00. The van der Waals surface area contributed by atoms with E-state index in [4.69, 9.17) is 0 Å². The summed E-state index contributed by atoms with van der Waals surface area (Å²) >= 11 is 0. The highest BCUT2D eigenvalue weighted by Gasteiger charge is 2.13. The summed E-state index contributed by atoms with van der Waals surface area (Å²) in [4.78, 5) is 22.7. The van der Waals surface area contributed by atoms with Crippen molar-refractivity contribution < 1.29 is 9.59 Å². The largest absolute Gasteiger partial charge is 0.350 e. The third kappa shape index (κ3) is 7.72. The molecule has 0 heterocycles. The van der Waals surface area contributed by atoms with Crippen LogP contribution in [0, 0.1) is 5.92 Å². The van der Waals surface area contributed by atoms with Crippen molar-refractivity contribution in [1.29, 1.82) is 0 Å². The van der Waals surface area contributed by atoms with E-state index < -0.39 is 0 Å². The predicted octanol–water partition coefficient (Wildman–Crippen LogP) is 3.90. The van der Waals surface area contributed by atoms with Crippen LogP contribution in [-0.4, -0.2) is 11.7 Å². The van der Waals surface area contributed by atoms with Crippen LogP contribution in [0.25, 0.3) is 0 Å². The Hall–Kier alpha value is -1.64. The van der Waals surface area contributed by atoms with Gasteiger partial charge in [0.2, 0.25) is 5.91 Å². The van der Waals surface area contributed by atoms with Gasteiger partial charge in [-0.2, -0.15) is 0 Å². The predicted molar refractivity (Wildman–Crippen MR) is 83.4 cm³/mol. The van der Waals surface area contributed by atoms with Gasteiger partial charge < -0.3 is 10.1 Å². The molecule has 0 radical (unpaired) electrons. The van der Waals surface area contributed by atoms with Crippen LogP contribution in [0.1, 0.15) is 59.1 Å². The highest BCUT2D eigenvalue weighted by molar-refractivity contribution is 5.79. The Morgan fingerprint density at radius 1 is 1.05 bits per heavy atom. The first-order valence-electron chi connectivity index (χ1n) is 7.32. The highest BCUT2D eigenvalue weighted by atomic mass is 16.1. The van der Waals surface area contributed by atoms with Gasteiger partial charge in [-0.05, 0) is 25.3 Å². The summed E-state index contributed by atoms with van der Waals surface area (Å²) in [6.45, 7) is 9.44. The quantitative estimate of drug-likeness (QED) is 0.857. The van der Waals surface area contributed by atoms with Crippen molar-refractivity contribution in [2.75, 3.05) is 0 Å². The van der Waals surface area contributed by atoms with Crippen LogP contribution in [0.15, 0.2) is 30.3 Å². The van der Waals surface area contributed by atoms with Crippen LogP contribution in [-0.2, 0) is 9.59 Å². The summed E-state index contributed by atoms with van der Waals surface area (Å²) in [6.07, 6.45) is 0.865. The first kappa shape index (κ1) is 18.4. The molecular weight excluding hydrogens is 250 g/mol. The third-order valence-corrected chi connectivity index (χ3v) is 2.85. The van der Waals surface area contributed by atoms with E-state index in [1.54, 1.807) is 6.92 Å². The first-order chi connectivity index (χ1) is 9.49. The molecule has 1 aromatic rings. The van der Waals surface area contributed by atoms with Crippen molar-refractivity contribution in [2.45, 2.75) is 53.5 Å².